The molecule has 6 heteroatoms. The number of carbonyl (C=O) groups is 3. The number of benzene rings is 1. The van der Waals surface area contributed by atoms with Crippen molar-refractivity contribution in [1.82, 2.24) is 0 Å². The van der Waals surface area contributed by atoms with E-state index in [1.54, 1.807) is 0 Å². The highest BCUT2D eigenvalue weighted by Gasteiger charge is 2.14. The van der Waals surface area contributed by atoms with Gasteiger partial charge >= 0.3 is 12.0 Å². The van der Waals surface area contributed by atoms with E-state index in [0.29, 0.717) is 5.69 Å². The maximum Gasteiger partial charge on any atom is 0.377 e. The van der Waals surface area contributed by atoms with Crippen LogP contribution in [0, 0.1) is 0 Å². The van der Waals surface area contributed by atoms with E-state index in [4.69, 9.17) is 10.8 Å². The van der Waals surface area contributed by atoms with E-state index in [1.165, 1.54) is 36.2 Å². The number of ketones is 1. The molecule has 1 aromatic rings. The van der Waals surface area contributed by atoms with Gasteiger partial charge in [-0.3, -0.25) is 9.69 Å². The summed E-state index contributed by atoms with van der Waals surface area (Å²) in [6.07, 6.45) is 0. The van der Waals surface area contributed by atoms with Gasteiger partial charge in [0.15, 0.2) is 0 Å². The molecule has 0 aromatic heterocycles. The number of nitrogens with zero attached hydrogens (tertiary/aromatic N) is 1. The summed E-state index contributed by atoms with van der Waals surface area (Å²) in [5, 5.41) is 8.47. The van der Waals surface area contributed by atoms with Gasteiger partial charge in [-0.05, 0) is 24.3 Å². The molecule has 0 radical (unpaired) electrons. The van der Waals surface area contributed by atoms with Gasteiger partial charge in [-0.25, -0.2) is 9.59 Å². The van der Waals surface area contributed by atoms with Crippen LogP contribution in [0.1, 0.15) is 10.4 Å². The number of hydrogen-bond donors (Lipinski definition) is 2. The molecule has 6 nitrogen and oxygen atoms in total. The van der Waals surface area contributed by atoms with Crippen LogP contribution in [0.15, 0.2) is 24.3 Å². The minimum absolute atomic E-state index is 0.0501. The summed E-state index contributed by atoms with van der Waals surface area (Å²) >= 11 is 0. The molecule has 0 unspecified atom stereocenters. The number of carboxylic acid groups (broad SMARTS) is 1. The Hall–Kier alpha value is -2.37. The van der Waals surface area contributed by atoms with E-state index in [0.717, 1.165) is 0 Å². The van der Waals surface area contributed by atoms with Crippen LogP contribution in [0.2, 0.25) is 0 Å². The maximum atomic E-state index is 11.1. The van der Waals surface area contributed by atoms with Crippen LogP contribution in [-0.4, -0.2) is 29.9 Å². The number of nitrogens with two attached hydrogens (primary N) is 1. The second-order valence-electron chi connectivity index (χ2n) is 3.08. The Bertz CT molecular complexity index is 439. The molecule has 16 heavy (non-hydrogen) atoms. The first-order valence-electron chi connectivity index (χ1n) is 4.34. The molecule has 1 rings (SSSR count). The molecule has 3 N–H and O–H groups in total. The van der Waals surface area contributed by atoms with Gasteiger partial charge in [-0.2, -0.15) is 0 Å². The standard InChI is InChI=1S/C10H10N2O4/c1-12(10(11)16)7-4-2-6(3-5-7)8(13)9(14)15/h2-5H,1H3,(H2,11,16)(H,14,15). The van der Waals surface area contributed by atoms with Crippen molar-refractivity contribution < 1.29 is 19.5 Å². The van der Waals surface area contributed by atoms with Crippen LogP contribution in [0.5, 0.6) is 0 Å². The molecule has 2 amide bonds. The van der Waals surface area contributed by atoms with E-state index in [1.807, 2.05) is 0 Å². The zero-order valence-electron chi connectivity index (χ0n) is 8.51. The van der Waals surface area contributed by atoms with Crippen molar-refractivity contribution >= 4 is 23.5 Å². The van der Waals surface area contributed by atoms with Crippen LogP contribution < -0.4 is 10.6 Å². The van der Waals surface area contributed by atoms with Gasteiger partial charge in [-0.1, -0.05) is 0 Å². The molecule has 0 aliphatic heterocycles. The number of hydrogen-bond acceptors (Lipinski definition) is 3. The normalized spacial score (nSPS) is 9.56. The van der Waals surface area contributed by atoms with Crippen molar-refractivity contribution in [2.24, 2.45) is 5.73 Å². The van der Waals surface area contributed by atoms with E-state index in [2.05, 4.69) is 0 Å². The summed E-state index contributed by atoms with van der Waals surface area (Å²) in [5.74, 6) is -2.51. The maximum absolute atomic E-state index is 11.1. The fourth-order valence-corrected chi connectivity index (χ4v) is 1.09. The average Bonchev–Trinajstić information content (AvgIpc) is 2.27. The third-order valence-electron chi connectivity index (χ3n) is 2.04. The first-order valence-corrected chi connectivity index (χ1v) is 4.34. The number of carbonyl (C=O) groups excluding carboxylic acids is 2. The summed E-state index contributed by atoms with van der Waals surface area (Å²) in [6, 6.07) is 4.90. The van der Waals surface area contributed by atoms with Crippen LogP contribution in [-0.2, 0) is 4.79 Å². The number of anilines is 1. The van der Waals surface area contributed by atoms with Crippen molar-refractivity contribution in [1.29, 1.82) is 0 Å². The third-order valence-corrected chi connectivity index (χ3v) is 2.04. The Morgan fingerprint density at radius 1 is 1.19 bits per heavy atom. The average molecular weight is 222 g/mol. The minimum Gasteiger partial charge on any atom is -0.475 e. The number of rotatable bonds is 3. The van der Waals surface area contributed by atoms with Crippen LogP contribution in [0.4, 0.5) is 10.5 Å². The largest absolute Gasteiger partial charge is 0.475 e. The van der Waals surface area contributed by atoms with Crippen LogP contribution in [0.3, 0.4) is 0 Å². The van der Waals surface area contributed by atoms with Crippen molar-refractivity contribution in [3.63, 3.8) is 0 Å². The van der Waals surface area contributed by atoms with E-state index >= 15 is 0 Å². The van der Waals surface area contributed by atoms with Crippen LogP contribution >= 0.6 is 0 Å². The van der Waals surface area contributed by atoms with E-state index < -0.39 is 17.8 Å². The van der Waals surface area contributed by atoms with Crippen molar-refractivity contribution in [2.75, 3.05) is 11.9 Å². The van der Waals surface area contributed by atoms with Gasteiger partial charge in [-0.15, -0.1) is 0 Å². The lowest BCUT2D eigenvalue weighted by molar-refractivity contribution is -0.131. The minimum atomic E-state index is -1.52. The highest BCUT2D eigenvalue weighted by molar-refractivity contribution is 6.39. The number of urea groups is 1. The summed E-state index contributed by atoms with van der Waals surface area (Å²) in [4.78, 5) is 33.4. The Morgan fingerprint density at radius 2 is 1.69 bits per heavy atom. The number of aliphatic carboxylic acids is 1. The molecule has 0 bridgehead atoms. The summed E-state index contributed by atoms with van der Waals surface area (Å²) in [5.41, 5.74) is 5.57. The molecule has 0 saturated carbocycles. The van der Waals surface area contributed by atoms with E-state index in [9.17, 15) is 14.4 Å². The summed E-state index contributed by atoms with van der Waals surface area (Å²) in [7, 11) is 1.47. The fraction of sp³-hybridized carbons (Fsp3) is 0.100. The lowest BCUT2D eigenvalue weighted by Crippen LogP contribution is -2.31. The molecule has 0 spiro atoms. The SMILES string of the molecule is CN(C(N)=O)c1ccc(C(=O)C(=O)O)cc1. The zero-order chi connectivity index (χ0) is 12.3. The Balaban J connectivity index is 2.95. The van der Waals surface area contributed by atoms with Gasteiger partial charge in [0.1, 0.15) is 0 Å². The van der Waals surface area contributed by atoms with Gasteiger partial charge in [0.25, 0.3) is 5.78 Å². The van der Waals surface area contributed by atoms with E-state index in [-0.39, 0.29) is 5.56 Å². The Kier molecular flexibility index (Phi) is 3.24. The first kappa shape index (κ1) is 11.7. The highest BCUT2D eigenvalue weighted by atomic mass is 16.4. The number of primary amides is 1. The van der Waals surface area contributed by atoms with Gasteiger partial charge in [0.05, 0.1) is 0 Å². The van der Waals surface area contributed by atoms with Crippen LogP contribution in [0.25, 0.3) is 0 Å². The molecule has 0 saturated heterocycles. The fourth-order valence-electron chi connectivity index (χ4n) is 1.09. The first-order chi connectivity index (χ1) is 7.43. The predicted molar refractivity (Wildman–Crippen MR) is 56.4 cm³/mol. The van der Waals surface area contributed by atoms with Gasteiger partial charge < -0.3 is 10.8 Å². The topological polar surface area (TPSA) is 101 Å². The second kappa shape index (κ2) is 4.43. The van der Waals surface area contributed by atoms with Crippen molar-refractivity contribution in [2.45, 2.75) is 0 Å². The monoisotopic (exact) mass is 222 g/mol. The predicted octanol–water partition coefficient (Wildman–Crippen LogP) is 0.469. The molecule has 1 aromatic carbocycles. The molecule has 0 aliphatic rings. The molecule has 0 heterocycles. The zero-order valence-corrected chi connectivity index (χ0v) is 8.51. The number of amides is 2. The molecule has 0 fully saturated rings. The molecule has 0 aliphatic carbocycles. The molecular weight excluding hydrogens is 212 g/mol. The second-order valence-corrected chi connectivity index (χ2v) is 3.08. The summed E-state index contributed by atoms with van der Waals surface area (Å²) in [6.45, 7) is 0. The smallest absolute Gasteiger partial charge is 0.377 e. The quantitative estimate of drug-likeness (QED) is 0.573. The molecular formula is C10H10N2O4. The Labute approximate surface area is 91.3 Å². The number of carboxylic acids is 1. The lowest BCUT2D eigenvalue weighted by Gasteiger charge is -2.13. The lowest BCUT2D eigenvalue weighted by atomic mass is 10.1. The molecule has 0 atom stereocenters. The number of Topliss-reactive ketones (excluding diaryl/α,β-unsaturated/α-hetero) is 1. The van der Waals surface area contributed by atoms with Crippen molar-refractivity contribution in [3.05, 3.63) is 29.8 Å². The Morgan fingerprint density at radius 3 is 2.06 bits per heavy atom. The third kappa shape index (κ3) is 2.35. The highest BCUT2D eigenvalue weighted by Crippen LogP contribution is 2.13. The van der Waals surface area contributed by atoms with Gasteiger partial charge in [0.2, 0.25) is 0 Å². The van der Waals surface area contributed by atoms with Crippen molar-refractivity contribution in [3.8, 4) is 0 Å². The molecule has 84 valence electrons. The van der Waals surface area contributed by atoms with Gasteiger partial charge in [0, 0.05) is 18.3 Å². The summed E-state index contributed by atoms with van der Waals surface area (Å²) < 4.78 is 0.